The molecule has 1 aromatic heterocycles. The first-order valence-corrected chi connectivity index (χ1v) is 8.72. The molecule has 0 fully saturated rings. The van der Waals surface area contributed by atoms with Gasteiger partial charge < -0.3 is 10.4 Å². The zero-order valence-electron chi connectivity index (χ0n) is 13.8. The van der Waals surface area contributed by atoms with Crippen molar-refractivity contribution >= 4 is 12.2 Å². The van der Waals surface area contributed by atoms with Crippen LogP contribution in [-0.2, 0) is 6.42 Å². The molecular weight excluding hydrogens is 353 g/mol. The van der Waals surface area contributed by atoms with Gasteiger partial charge in [0.2, 0.25) is 5.88 Å². The lowest BCUT2D eigenvalue weighted by molar-refractivity contribution is -0.690. The van der Waals surface area contributed by atoms with E-state index in [1.807, 2.05) is 29.6 Å². The SMILES string of the molecule is O=c1[nH]c(=S)n(-c2cccc(F)c2)c(O)c1[C@@H]1[NH2+]CCc2ccccc21. The van der Waals surface area contributed by atoms with Crippen LogP contribution in [0.2, 0.25) is 0 Å². The lowest BCUT2D eigenvalue weighted by Gasteiger charge is -2.24. The first kappa shape index (κ1) is 16.7. The van der Waals surface area contributed by atoms with Crippen molar-refractivity contribution in [2.24, 2.45) is 0 Å². The summed E-state index contributed by atoms with van der Waals surface area (Å²) < 4.78 is 15.0. The molecule has 26 heavy (non-hydrogen) atoms. The van der Waals surface area contributed by atoms with Crippen LogP contribution in [0.5, 0.6) is 5.88 Å². The molecule has 0 radical (unpaired) electrons. The molecule has 0 saturated carbocycles. The smallest absolute Gasteiger partial charge is 0.265 e. The Morgan fingerprint density at radius 1 is 1.23 bits per heavy atom. The number of rotatable bonds is 2. The fourth-order valence-electron chi connectivity index (χ4n) is 3.54. The summed E-state index contributed by atoms with van der Waals surface area (Å²) in [5.41, 5.74) is 2.28. The van der Waals surface area contributed by atoms with Gasteiger partial charge in [-0.3, -0.25) is 14.3 Å². The van der Waals surface area contributed by atoms with Crippen LogP contribution in [0.3, 0.4) is 0 Å². The van der Waals surface area contributed by atoms with Gasteiger partial charge in [-0.2, -0.15) is 0 Å². The molecule has 4 N–H and O–H groups in total. The molecule has 4 rings (SSSR count). The van der Waals surface area contributed by atoms with E-state index in [2.05, 4.69) is 4.98 Å². The van der Waals surface area contributed by atoms with E-state index < -0.39 is 11.4 Å². The highest BCUT2D eigenvalue weighted by atomic mass is 32.1. The van der Waals surface area contributed by atoms with E-state index in [9.17, 15) is 14.3 Å². The first-order valence-electron chi connectivity index (χ1n) is 8.31. The lowest BCUT2D eigenvalue weighted by Crippen LogP contribution is -2.87. The van der Waals surface area contributed by atoms with Crippen molar-refractivity contribution < 1.29 is 14.8 Å². The Morgan fingerprint density at radius 3 is 2.85 bits per heavy atom. The van der Waals surface area contributed by atoms with Crippen molar-refractivity contribution in [3.63, 3.8) is 0 Å². The number of aromatic amines is 1. The molecule has 5 nitrogen and oxygen atoms in total. The second-order valence-electron chi connectivity index (χ2n) is 6.26. The highest BCUT2D eigenvalue weighted by molar-refractivity contribution is 7.71. The van der Waals surface area contributed by atoms with Crippen molar-refractivity contribution in [1.82, 2.24) is 9.55 Å². The van der Waals surface area contributed by atoms with E-state index in [0.717, 1.165) is 24.1 Å². The molecule has 132 valence electrons. The monoisotopic (exact) mass is 370 g/mol. The summed E-state index contributed by atoms with van der Waals surface area (Å²) in [6, 6.07) is 13.2. The Morgan fingerprint density at radius 2 is 2.04 bits per heavy atom. The highest BCUT2D eigenvalue weighted by Gasteiger charge is 2.31. The number of halogens is 1. The molecule has 3 aromatic rings. The Bertz CT molecular complexity index is 1110. The minimum atomic E-state index is -0.453. The first-order chi connectivity index (χ1) is 12.6. The van der Waals surface area contributed by atoms with Crippen LogP contribution in [0.25, 0.3) is 5.69 Å². The van der Waals surface area contributed by atoms with Crippen LogP contribution in [0, 0.1) is 10.6 Å². The van der Waals surface area contributed by atoms with Gasteiger partial charge in [-0.05, 0) is 36.0 Å². The van der Waals surface area contributed by atoms with E-state index in [-0.39, 0.29) is 22.3 Å². The number of aromatic hydroxyl groups is 1. The third-order valence-electron chi connectivity index (χ3n) is 4.70. The fraction of sp³-hybridized carbons (Fsp3) is 0.158. The van der Waals surface area contributed by atoms with Crippen LogP contribution in [0.15, 0.2) is 53.3 Å². The zero-order valence-corrected chi connectivity index (χ0v) is 14.6. The summed E-state index contributed by atoms with van der Waals surface area (Å²) in [5.74, 6) is -0.714. The van der Waals surface area contributed by atoms with Crippen molar-refractivity contribution in [3.8, 4) is 11.6 Å². The average Bonchev–Trinajstić information content (AvgIpc) is 2.61. The van der Waals surface area contributed by atoms with Crippen molar-refractivity contribution in [2.75, 3.05) is 6.54 Å². The summed E-state index contributed by atoms with van der Waals surface area (Å²) in [6.45, 7) is 0.802. The Balaban J connectivity index is 1.96. The van der Waals surface area contributed by atoms with E-state index in [4.69, 9.17) is 12.2 Å². The van der Waals surface area contributed by atoms with E-state index in [0.29, 0.717) is 5.69 Å². The van der Waals surface area contributed by atoms with Gasteiger partial charge in [0.25, 0.3) is 5.56 Å². The third-order valence-corrected chi connectivity index (χ3v) is 4.99. The molecule has 2 heterocycles. The second kappa shape index (κ2) is 6.51. The predicted molar refractivity (Wildman–Crippen MR) is 97.6 cm³/mol. The van der Waals surface area contributed by atoms with Gasteiger partial charge >= 0.3 is 0 Å². The maximum atomic E-state index is 13.6. The Labute approximate surface area is 153 Å². The largest absolute Gasteiger partial charge is 0.494 e. The molecule has 1 aliphatic rings. The third kappa shape index (κ3) is 2.75. The van der Waals surface area contributed by atoms with Crippen molar-refractivity contribution in [1.29, 1.82) is 0 Å². The summed E-state index contributed by atoms with van der Waals surface area (Å²) in [4.78, 5) is 15.2. The standard InChI is InChI=1S/C19H16FN3O2S/c20-12-5-3-6-13(10-12)23-18(25)15(17(24)22-19(23)26)16-14-7-2-1-4-11(14)8-9-21-16/h1-7,10,16,21,25H,8-9H2,(H,22,24,26)/p+1/t16-/m1/s1. The summed E-state index contributed by atoms with van der Waals surface area (Å²) in [6.07, 6.45) is 0.897. The van der Waals surface area contributed by atoms with E-state index in [1.165, 1.54) is 22.8 Å². The van der Waals surface area contributed by atoms with Crippen molar-refractivity contribution in [3.05, 3.63) is 86.2 Å². The molecule has 0 aliphatic carbocycles. The quantitative estimate of drug-likeness (QED) is 0.604. The topological polar surface area (TPSA) is 74.6 Å². The molecule has 7 heteroatoms. The molecule has 0 unspecified atom stereocenters. The van der Waals surface area contributed by atoms with Crippen LogP contribution in [0.4, 0.5) is 4.39 Å². The zero-order chi connectivity index (χ0) is 18.3. The summed E-state index contributed by atoms with van der Waals surface area (Å²) in [7, 11) is 0. The number of aromatic nitrogens is 2. The lowest BCUT2D eigenvalue weighted by atomic mass is 9.90. The molecule has 0 saturated heterocycles. The average molecular weight is 370 g/mol. The fourth-order valence-corrected chi connectivity index (χ4v) is 3.83. The molecule has 0 amide bonds. The number of hydrogen-bond acceptors (Lipinski definition) is 3. The summed E-state index contributed by atoms with van der Waals surface area (Å²) >= 11 is 5.21. The minimum Gasteiger partial charge on any atom is -0.494 e. The molecule has 1 aliphatic heterocycles. The molecule has 0 bridgehead atoms. The van der Waals surface area contributed by atoms with Gasteiger partial charge in [-0.25, -0.2) is 4.39 Å². The van der Waals surface area contributed by atoms with Crippen LogP contribution >= 0.6 is 12.2 Å². The van der Waals surface area contributed by atoms with Gasteiger partial charge in [0.1, 0.15) is 17.4 Å². The van der Waals surface area contributed by atoms with Gasteiger partial charge in [-0.1, -0.05) is 30.3 Å². The number of H-pyrrole nitrogens is 1. The number of quaternary nitrogens is 1. The second-order valence-corrected chi connectivity index (χ2v) is 6.65. The number of fused-ring (bicyclic) bond motifs is 1. The van der Waals surface area contributed by atoms with Crippen LogP contribution < -0.4 is 10.9 Å². The van der Waals surface area contributed by atoms with Gasteiger partial charge in [0.05, 0.1) is 12.2 Å². The van der Waals surface area contributed by atoms with Gasteiger partial charge in [0.15, 0.2) is 4.77 Å². The number of nitrogens with one attached hydrogen (secondary N) is 1. The Hall–Kier alpha value is -2.77. The molecule has 2 aromatic carbocycles. The van der Waals surface area contributed by atoms with E-state index in [1.54, 1.807) is 6.07 Å². The maximum absolute atomic E-state index is 13.6. The predicted octanol–water partition coefficient (Wildman–Crippen LogP) is 1.95. The maximum Gasteiger partial charge on any atom is 0.265 e. The van der Waals surface area contributed by atoms with E-state index >= 15 is 0 Å². The van der Waals surface area contributed by atoms with Crippen molar-refractivity contribution in [2.45, 2.75) is 12.5 Å². The molecular formula is C19H17FN3O2S+. The van der Waals surface area contributed by atoms with Crippen LogP contribution in [0.1, 0.15) is 22.7 Å². The highest BCUT2D eigenvalue weighted by Crippen LogP contribution is 2.29. The Kier molecular flexibility index (Phi) is 4.18. The molecule has 0 spiro atoms. The number of benzene rings is 2. The normalized spacial score (nSPS) is 16.3. The number of nitrogens with two attached hydrogens (primary N) is 1. The number of hydrogen-bond donors (Lipinski definition) is 3. The van der Waals surface area contributed by atoms with Gasteiger partial charge in [-0.15, -0.1) is 0 Å². The molecule has 1 atom stereocenters. The van der Waals surface area contributed by atoms with Gasteiger partial charge in [0, 0.05) is 12.0 Å². The number of nitrogens with zero attached hydrogens (tertiary/aromatic N) is 1. The summed E-state index contributed by atoms with van der Waals surface area (Å²) in [5, 5.41) is 12.9. The van der Waals surface area contributed by atoms with Crippen LogP contribution in [-0.4, -0.2) is 21.2 Å². The minimum absolute atomic E-state index is 0.0194.